The number of nitrogens with zero attached hydrogens (tertiary/aromatic N) is 1. The normalized spacial score (nSPS) is 21.8. The summed E-state index contributed by atoms with van der Waals surface area (Å²) < 4.78 is 0. The van der Waals surface area contributed by atoms with E-state index in [0.29, 0.717) is 0 Å². The largest absolute Gasteiger partial charge is 0.480 e. The topological polar surface area (TPSA) is 40.5 Å². The van der Waals surface area contributed by atoms with Gasteiger partial charge in [0.05, 0.1) is 0 Å². The average molecular weight is 394 g/mol. The predicted molar refractivity (Wildman–Crippen MR) is 120 cm³/mol. The van der Waals surface area contributed by atoms with E-state index in [1.165, 1.54) is 44.1 Å². The SMILES string of the molecule is CC1(CCCCCCCc2ccccc2)CCN(c2ccccc2)[C@H](C(=O)O)C1. The standard InChI is InChI=1S/C26H35NO2/c1-26(18-12-4-2-3-7-13-22-14-8-5-9-15-22)19-20-27(24(21-26)25(28)29)23-16-10-6-11-17-23/h5-6,8-11,14-17,24H,2-4,7,12-13,18-21H2,1H3,(H,28,29)/t24-,26?/m0/s1. The molecule has 156 valence electrons. The summed E-state index contributed by atoms with van der Waals surface area (Å²) in [5.74, 6) is -0.694. The molecule has 0 saturated carbocycles. The number of benzene rings is 2. The molecule has 0 amide bonds. The van der Waals surface area contributed by atoms with Gasteiger partial charge in [0.1, 0.15) is 6.04 Å². The second-order valence-electron chi connectivity index (χ2n) is 8.90. The van der Waals surface area contributed by atoms with Gasteiger partial charge in [0.15, 0.2) is 0 Å². The van der Waals surface area contributed by atoms with Crippen LogP contribution in [-0.2, 0) is 11.2 Å². The molecule has 0 aromatic heterocycles. The van der Waals surface area contributed by atoms with Gasteiger partial charge in [-0.3, -0.25) is 0 Å². The number of rotatable bonds is 10. The van der Waals surface area contributed by atoms with Gasteiger partial charge in [-0.05, 0) is 55.2 Å². The Morgan fingerprint density at radius 1 is 0.966 bits per heavy atom. The number of piperidine rings is 1. The molecule has 0 bridgehead atoms. The molecule has 3 heteroatoms. The minimum Gasteiger partial charge on any atom is -0.480 e. The lowest BCUT2D eigenvalue weighted by atomic mass is 9.73. The van der Waals surface area contributed by atoms with Gasteiger partial charge in [-0.2, -0.15) is 0 Å². The Kier molecular flexibility index (Phi) is 7.74. The summed E-state index contributed by atoms with van der Waals surface area (Å²) in [6.07, 6.45) is 10.4. The fourth-order valence-corrected chi connectivity index (χ4v) is 4.66. The first-order valence-corrected chi connectivity index (χ1v) is 11.2. The summed E-state index contributed by atoms with van der Waals surface area (Å²) >= 11 is 0. The van der Waals surface area contributed by atoms with Gasteiger partial charge < -0.3 is 10.0 Å². The third kappa shape index (κ3) is 6.35. The Hall–Kier alpha value is -2.29. The van der Waals surface area contributed by atoms with Crippen molar-refractivity contribution in [1.82, 2.24) is 0 Å². The number of carboxylic acid groups (broad SMARTS) is 1. The number of aryl methyl sites for hydroxylation is 1. The van der Waals surface area contributed by atoms with E-state index >= 15 is 0 Å². The van der Waals surface area contributed by atoms with Gasteiger partial charge in [0.25, 0.3) is 0 Å². The number of unbranched alkanes of at least 4 members (excludes halogenated alkanes) is 4. The molecule has 1 heterocycles. The van der Waals surface area contributed by atoms with Crippen LogP contribution in [0.25, 0.3) is 0 Å². The van der Waals surface area contributed by atoms with E-state index in [0.717, 1.165) is 31.5 Å². The smallest absolute Gasteiger partial charge is 0.326 e. The van der Waals surface area contributed by atoms with Crippen LogP contribution >= 0.6 is 0 Å². The highest BCUT2D eigenvalue weighted by Gasteiger charge is 2.39. The lowest BCUT2D eigenvalue weighted by Gasteiger charge is -2.44. The van der Waals surface area contributed by atoms with Crippen LogP contribution in [0, 0.1) is 5.41 Å². The van der Waals surface area contributed by atoms with E-state index in [1.807, 2.05) is 30.3 Å². The quantitative estimate of drug-likeness (QED) is 0.480. The van der Waals surface area contributed by atoms with E-state index in [4.69, 9.17) is 0 Å². The first-order chi connectivity index (χ1) is 14.1. The van der Waals surface area contributed by atoms with Crippen LogP contribution in [0.4, 0.5) is 5.69 Å². The molecule has 2 aromatic carbocycles. The molecule has 1 fully saturated rings. The monoisotopic (exact) mass is 393 g/mol. The first kappa shape index (κ1) is 21.4. The van der Waals surface area contributed by atoms with Crippen LogP contribution in [0.5, 0.6) is 0 Å². The molecule has 2 aromatic rings. The Labute approximate surface area is 175 Å². The average Bonchev–Trinajstić information content (AvgIpc) is 2.74. The number of para-hydroxylation sites is 1. The molecule has 3 rings (SSSR count). The summed E-state index contributed by atoms with van der Waals surface area (Å²) in [5.41, 5.74) is 2.60. The van der Waals surface area contributed by atoms with Crippen molar-refractivity contribution in [3.63, 3.8) is 0 Å². The molecular formula is C26H35NO2. The molecule has 1 unspecified atom stereocenters. The number of carbonyl (C=O) groups is 1. The second kappa shape index (κ2) is 10.5. The Morgan fingerprint density at radius 3 is 2.28 bits per heavy atom. The van der Waals surface area contributed by atoms with Crippen molar-refractivity contribution in [2.45, 2.75) is 70.8 Å². The van der Waals surface area contributed by atoms with Gasteiger partial charge >= 0.3 is 5.97 Å². The number of hydrogen-bond donors (Lipinski definition) is 1. The van der Waals surface area contributed by atoms with Crippen molar-refractivity contribution < 1.29 is 9.90 Å². The van der Waals surface area contributed by atoms with Crippen LogP contribution in [0.1, 0.15) is 63.9 Å². The van der Waals surface area contributed by atoms with Crippen LogP contribution in [0.15, 0.2) is 60.7 Å². The lowest BCUT2D eigenvalue weighted by molar-refractivity contribution is -0.140. The van der Waals surface area contributed by atoms with Crippen molar-refractivity contribution in [1.29, 1.82) is 0 Å². The maximum absolute atomic E-state index is 11.9. The number of carboxylic acids is 1. The summed E-state index contributed by atoms with van der Waals surface area (Å²) in [4.78, 5) is 14.0. The van der Waals surface area contributed by atoms with E-state index in [-0.39, 0.29) is 5.41 Å². The third-order valence-electron chi connectivity index (χ3n) is 6.48. The van der Waals surface area contributed by atoms with Crippen molar-refractivity contribution in [3.8, 4) is 0 Å². The van der Waals surface area contributed by atoms with E-state index < -0.39 is 12.0 Å². The molecule has 0 spiro atoms. The summed E-state index contributed by atoms with van der Waals surface area (Å²) in [5, 5.41) is 9.82. The molecule has 0 aliphatic carbocycles. The minimum atomic E-state index is -0.694. The maximum Gasteiger partial charge on any atom is 0.326 e. The van der Waals surface area contributed by atoms with Crippen LogP contribution in [-0.4, -0.2) is 23.7 Å². The zero-order valence-electron chi connectivity index (χ0n) is 17.7. The van der Waals surface area contributed by atoms with Crippen LogP contribution in [0.2, 0.25) is 0 Å². The molecule has 1 aliphatic rings. The third-order valence-corrected chi connectivity index (χ3v) is 6.48. The summed E-state index contributed by atoms with van der Waals surface area (Å²) in [6.45, 7) is 3.12. The molecular weight excluding hydrogens is 358 g/mol. The molecule has 0 radical (unpaired) electrons. The van der Waals surface area contributed by atoms with Gasteiger partial charge in [-0.25, -0.2) is 4.79 Å². The fourth-order valence-electron chi connectivity index (χ4n) is 4.66. The highest BCUT2D eigenvalue weighted by Crippen LogP contribution is 2.40. The molecule has 3 nitrogen and oxygen atoms in total. The summed E-state index contributed by atoms with van der Waals surface area (Å²) in [7, 11) is 0. The molecule has 29 heavy (non-hydrogen) atoms. The van der Waals surface area contributed by atoms with Crippen LogP contribution < -0.4 is 4.90 Å². The Balaban J connectivity index is 1.40. The minimum absolute atomic E-state index is 0.137. The second-order valence-corrected chi connectivity index (χ2v) is 8.90. The zero-order chi connectivity index (χ0) is 20.5. The summed E-state index contributed by atoms with van der Waals surface area (Å²) in [6, 6.07) is 20.3. The Bertz CT molecular complexity index is 746. The van der Waals surface area contributed by atoms with E-state index in [9.17, 15) is 9.90 Å². The molecule has 1 N–H and O–H groups in total. The van der Waals surface area contributed by atoms with Crippen molar-refractivity contribution >= 4 is 11.7 Å². The number of hydrogen-bond acceptors (Lipinski definition) is 2. The first-order valence-electron chi connectivity index (χ1n) is 11.2. The van der Waals surface area contributed by atoms with Gasteiger partial charge in [-0.1, -0.05) is 81.1 Å². The van der Waals surface area contributed by atoms with Crippen molar-refractivity contribution in [2.75, 3.05) is 11.4 Å². The zero-order valence-corrected chi connectivity index (χ0v) is 17.7. The van der Waals surface area contributed by atoms with Gasteiger partial charge in [-0.15, -0.1) is 0 Å². The van der Waals surface area contributed by atoms with Crippen molar-refractivity contribution in [3.05, 3.63) is 66.2 Å². The Morgan fingerprint density at radius 2 is 1.59 bits per heavy atom. The molecule has 2 atom stereocenters. The predicted octanol–water partition coefficient (Wildman–Crippen LogP) is 6.33. The van der Waals surface area contributed by atoms with E-state index in [1.54, 1.807) is 0 Å². The highest BCUT2D eigenvalue weighted by molar-refractivity contribution is 5.78. The number of aliphatic carboxylic acids is 1. The van der Waals surface area contributed by atoms with Gasteiger partial charge in [0.2, 0.25) is 0 Å². The van der Waals surface area contributed by atoms with Crippen molar-refractivity contribution in [2.24, 2.45) is 5.41 Å². The number of anilines is 1. The van der Waals surface area contributed by atoms with Gasteiger partial charge in [0, 0.05) is 12.2 Å². The molecule has 1 aliphatic heterocycles. The lowest BCUT2D eigenvalue weighted by Crippen LogP contribution is -2.50. The van der Waals surface area contributed by atoms with E-state index in [2.05, 4.69) is 42.2 Å². The van der Waals surface area contributed by atoms with Crippen LogP contribution in [0.3, 0.4) is 0 Å². The maximum atomic E-state index is 11.9. The highest BCUT2D eigenvalue weighted by atomic mass is 16.4. The fraction of sp³-hybridized carbons (Fsp3) is 0.500. The molecule has 1 saturated heterocycles.